The molecular formula is C14H19N3O2. The van der Waals surface area contributed by atoms with Crippen LogP contribution in [0.15, 0.2) is 24.3 Å². The van der Waals surface area contributed by atoms with Crippen molar-refractivity contribution < 1.29 is 9.59 Å². The molecule has 1 fully saturated rings. The Kier molecular flexibility index (Phi) is 4.16. The van der Waals surface area contributed by atoms with E-state index in [1.807, 2.05) is 29.2 Å². The average Bonchev–Trinajstić information content (AvgIpc) is 2.38. The van der Waals surface area contributed by atoms with Crippen molar-refractivity contribution >= 4 is 17.5 Å². The van der Waals surface area contributed by atoms with Gasteiger partial charge in [0.15, 0.2) is 0 Å². The molecule has 0 bridgehead atoms. The van der Waals surface area contributed by atoms with Crippen LogP contribution in [0.2, 0.25) is 0 Å². The van der Waals surface area contributed by atoms with E-state index in [2.05, 4.69) is 12.2 Å². The van der Waals surface area contributed by atoms with Crippen LogP contribution in [0.25, 0.3) is 0 Å². The standard InChI is InChI=1S/C14H19N3O2/c1-10(6-7-15)11-4-2-3-5-12(11)17-8-13(18)16-14(19)9-17/h2-5,10H,6-9,15H2,1H3,(H,16,18,19). The summed E-state index contributed by atoms with van der Waals surface area (Å²) in [6, 6.07) is 7.88. The summed E-state index contributed by atoms with van der Waals surface area (Å²) < 4.78 is 0. The Morgan fingerprint density at radius 1 is 1.26 bits per heavy atom. The van der Waals surface area contributed by atoms with Gasteiger partial charge in [-0.25, -0.2) is 0 Å². The lowest BCUT2D eigenvalue weighted by Crippen LogP contribution is -2.51. The molecule has 1 aliphatic heterocycles. The Morgan fingerprint density at radius 3 is 2.53 bits per heavy atom. The summed E-state index contributed by atoms with van der Waals surface area (Å²) in [6.07, 6.45) is 0.880. The summed E-state index contributed by atoms with van der Waals surface area (Å²) >= 11 is 0. The van der Waals surface area contributed by atoms with E-state index in [1.165, 1.54) is 0 Å². The van der Waals surface area contributed by atoms with Gasteiger partial charge in [0, 0.05) is 5.69 Å². The molecule has 3 N–H and O–H groups in total. The van der Waals surface area contributed by atoms with E-state index >= 15 is 0 Å². The number of benzene rings is 1. The first-order chi connectivity index (χ1) is 9.11. The largest absolute Gasteiger partial charge is 0.353 e. The van der Waals surface area contributed by atoms with E-state index < -0.39 is 0 Å². The monoisotopic (exact) mass is 261 g/mol. The minimum absolute atomic E-state index is 0.220. The number of nitrogens with zero attached hydrogens (tertiary/aromatic N) is 1. The van der Waals surface area contributed by atoms with Gasteiger partial charge in [-0.05, 0) is 30.5 Å². The van der Waals surface area contributed by atoms with Crippen molar-refractivity contribution in [2.45, 2.75) is 19.3 Å². The van der Waals surface area contributed by atoms with Crippen molar-refractivity contribution in [3.05, 3.63) is 29.8 Å². The first kappa shape index (κ1) is 13.5. The van der Waals surface area contributed by atoms with Crippen LogP contribution in [0.1, 0.15) is 24.8 Å². The van der Waals surface area contributed by atoms with E-state index in [4.69, 9.17) is 5.73 Å². The number of anilines is 1. The molecule has 0 saturated carbocycles. The second-order valence-corrected chi connectivity index (χ2v) is 4.86. The highest BCUT2D eigenvalue weighted by Gasteiger charge is 2.24. The van der Waals surface area contributed by atoms with E-state index in [-0.39, 0.29) is 24.9 Å². The SMILES string of the molecule is CC(CCN)c1ccccc1N1CC(=O)NC(=O)C1. The maximum absolute atomic E-state index is 11.5. The molecule has 5 nitrogen and oxygen atoms in total. The molecule has 1 heterocycles. The highest BCUT2D eigenvalue weighted by Crippen LogP contribution is 2.29. The number of nitrogens with one attached hydrogen (secondary N) is 1. The van der Waals surface area contributed by atoms with Gasteiger partial charge in [0.25, 0.3) is 0 Å². The average molecular weight is 261 g/mol. The number of imide groups is 1. The number of rotatable bonds is 4. The van der Waals surface area contributed by atoms with E-state index in [9.17, 15) is 9.59 Å². The summed E-state index contributed by atoms with van der Waals surface area (Å²) in [5.74, 6) is -0.198. The van der Waals surface area contributed by atoms with Crippen molar-refractivity contribution in [3.63, 3.8) is 0 Å². The number of hydrogen-bond donors (Lipinski definition) is 2. The van der Waals surface area contributed by atoms with Crippen molar-refractivity contribution in [1.29, 1.82) is 0 Å². The Labute approximate surface area is 112 Å². The predicted molar refractivity (Wildman–Crippen MR) is 73.9 cm³/mol. The van der Waals surface area contributed by atoms with Gasteiger partial charge < -0.3 is 10.6 Å². The van der Waals surface area contributed by atoms with Crippen LogP contribution in [0, 0.1) is 0 Å². The number of carbonyl (C=O) groups excluding carboxylic acids is 2. The van der Waals surface area contributed by atoms with Gasteiger partial charge in [-0.1, -0.05) is 25.1 Å². The highest BCUT2D eigenvalue weighted by atomic mass is 16.2. The number of piperazine rings is 1. The third-order valence-corrected chi connectivity index (χ3v) is 3.36. The van der Waals surface area contributed by atoms with Crippen molar-refractivity contribution in [2.24, 2.45) is 5.73 Å². The molecule has 0 aromatic heterocycles. The lowest BCUT2D eigenvalue weighted by molar-refractivity contribution is -0.130. The molecule has 1 aliphatic rings. The van der Waals surface area contributed by atoms with Crippen LogP contribution >= 0.6 is 0 Å². The fourth-order valence-electron chi connectivity index (χ4n) is 2.41. The van der Waals surface area contributed by atoms with Crippen LogP contribution in [-0.2, 0) is 9.59 Å². The first-order valence-corrected chi connectivity index (χ1v) is 6.48. The lowest BCUT2D eigenvalue weighted by atomic mass is 9.95. The number of hydrogen-bond acceptors (Lipinski definition) is 4. The molecule has 1 unspecified atom stereocenters. The topological polar surface area (TPSA) is 75.4 Å². The Hall–Kier alpha value is -1.88. The van der Waals surface area contributed by atoms with Crippen molar-refractivity contribution in [2.75, 3.05) is 24.5 Å². The van der Waals surface area contributed by atoms with Gasteiger partial charge in [-0.15, -0.1) is 0 Å². The Bertz CT molecular complexity index is 471. The molecule has 5 heteroatoms. The van der Waals surface area contributed by atoms with Gasteiger partial charge in [0.1, 0.15) is 0 Å². The summed E-state index contributed by atoms with van der Waals surface area (Å²) in [4.78, 5) is 24.8. The van der Waals surface area contributed by atoms with Gasteiger partial charge >= 0.3 is 0 Å². The summed E-state index contributed by atoms with van der Waals surface area (Å²) in [5, 5.41) is 2.31. The summed E-state index contributed by atoms with van der Waals surface area (Å²) in [6.45, 7) is 3.17. The van der Waals surface area contributed by atoms with Gasteiger partial charge in [-0.3, -0.25) is 14.9 Å². The fourth-order valence-corrected chi connectivity index (χ4v) is 2.41. The molecule has 1 atom stereocenters. The number of carbonyl (C=O) groups is 2. The molecule has 2 amide bonds. The van der Waals surface area contributed by atoms with Gasteiger partial charge in [0.2, 0.25) is 11.8 Å². The molecule has 0 spiro atoms. The molecule has 1 aromatic rings. The van der Waals surface area contributed by atoms with Gasteiger partial charge in [0.05, 0.1) is 13.1 Å². The van der Waals surface area contributed by atoms with E-state index in [0.29, 0.717) is 12.5 Å². The normalized spacial score (nSPS) is 17.3. The number of nitrogens with two attached hydrogens (primary N) is 1. The fraction of sp³-hybridized carbons (Fsp3) is 0.429. The zero-order chi connectivity index (χ0) is 13.8. The smallest absolute Gasteiger partial charge is 0.246 e. The highest BCUT2D eigenvalue weighted by molar-refractivity contribution is 6.02. The molecule has 1 saturated heterocycles. The van der Waals surface area contributed by atoms with Crippen molar-refractivity contribution in [1.82, 2.24) is 5.32 Å². The molecule has 2 rings (SSSR count). The molecule has 0 radical (unpaired) electrons. The first-order valence-electron chi connectivity index (χ1n) is 6.48. The number of para-hydroxylation sites is 1. The zero-order valence-corrected chi connectivity index (χ0v) is 11.1. The Morgan fingerprint density at radius 2 is 1.89 bits per heavy atom. The van der Waals surface area contributed by atoms with Gasteiger partial charge in [-0.2, -0.15) is 0 Å². The van der Waals surface area contributed by atoms with Crippen LogP contribution in [0.4, 0.5) is 5.69 Å². The zero-order valence-electron chi connectivity index (χ0n) is 11.1. The van der Waals surface area contributed by atoms with E-state index in [0.717, 1.165) is 17.7 Å². The maximum Gasteiger partial charge on any atom is 0.246 e. The van der Waals surface area contributed by atoms with Crippen LogP contribution in [-0.4, -0.2) is 31.4 Å². The molecular weight excluding hydrogens is 242 g/mol. The third kappa shape index (κ3) is 3.12. The Balaban J connectivity index is 2.28. The van der Waals surface area contributed by atoms with Crippen LogP contribution in [0.3, 0.4) is 0 Å². The molecule has 0 aliphatic carbocycles. The molecule has 19 heavy (non-hydrogen) atoms. The molecule has 102 valence electrons. The maximum atomic E-state index is 11.5. The minimum Gasteiger partial charge on any atom is -0.353 e. The molecule has 1 aromatic carbocycles. The lowest BCUT2D eigenvalue weighted by Gasteiger charge is -2.30. The van der Waals surface area contributed by atoms with Crippen molar-refractivity contribution in [3.8, 4) is 0 Å². The predicted octanol–water partition coefficient (Wildman–Crippen LogP) is 0.602. The van der Waals surface area contributed by atoms with Crippen LogP contribution < -0.4 is 16.0 Å². The quantitative estimate of drug-likeness (QED) is 0.778. The third-order valence-electron chi connectivity index (χ3n) is 3.36. The summed E-state index contributed by atoms with van der Waals surface area (Å²) in [7, 11) is 0. The summed E-state index contributed by atoms with van der Waals surface area (Å²) in [5.41, 5.74) is 7.69. The second kappa shape index (κ2) is 5.84. The second-order valence-electron chi connectivity index (χ2n) is 4.86. The minimum atomic E-state index is -0.252. The van der Waals surface area contributed by atoms with Crippen LogP contribution in [0.5, 0.6) is 0 Å². The van der Waals surface area contributed by atoms with E-state index in [1.54, 1.807) is 0 Å². The number of amides is 2.